The van der Waals surface area contributed by atoms with Gasteiger partial charge in [0.1, 0.15) is 0 Å². The van der Waals surface area contributed by atoms with Gasteiger partial charge < -0.3 is 11.1 Å². The number of fused-ring (bicyclic) bond motifs is 1. The van der Waals surface area contributed by atoms with Gasteiger partial charge in [0.15, 0.2) is 0 Å². The van der Waals surface area contributed by atoms with E-state index in [1.807, 2.05) is 0 Å². The van der Waals surface area contributed by atoms with E-state index < -0.39 is 0 Å². The average Bonchev–Trinajstić information content (AvgIpc) is 2.27. The van der Waals surface area contributed by atoms with E-state index in [0.29, 0.717) is 13.0 Å². The SMILES string of the molecule is CCc1cc(CN)c2c(c1)CCC(=O)N2. The van der Waals surface area contributed by atoms with E-state index in [1.165, 1.54) is 11.1 Å². The molecule has 0 atom stereocenters. The molecule has 1 heterocycles. The quantitative estimate of drug-likeness (QED) is 0.768. The molecule has 0 aromatic heterocycles. The van der Waals surface area contributed by atoms with Crippen molar-refractivity contribution in [2.24, 2.45) is 5.73 Å². The first kappa shape index (κ1) is 10.2. The summed E-state index contributed by atoms with van der Waals surface area (Å²) in [5.74, 6) is 0.0986. The molecule has 1 aromatic rings. The van der Waals surface area contributed by atoms with E-state index in [4.69, 9.17) is 5.73 Å². The van der Waals surface area contributed by atoms with Crippen LogP contribution in [0, 0.1) is 0 Å². The summed E-state index contributed by atoms with van der Waals surface area (Å²) < 4.78 is 0. The maximum atomic E-state index is 11.3. The van der Waals surface area contributed by atoms with Crippen LogP contribution in [0.15, 0.2) is 12.1 Å². The van der Waals surface area contributed by atoms with Gasteiger partial charge >= 0.3 is 0 Å². The van der Waals surface area contributed by atoms with Crippen LogP contribution < -0.4 is 11.1 Å². The Labute approximate surface area is 89.7 Å². The second-order valence-electron chi connectivity index (χ2n) is 3.89. The Bertz CT molecular complexity index is 382. The summed E-state index contributed by atoms with van der Waals surface area (Å²) in [6.07, 6.45) is 2.43. The van der Waals surface area contributed by atoms with Crippen LogP contribution in [-0.2, 0) is 24.2 Å². The number of hydrogen-bond acceptors (Lipinski definition) is 2. The highest BCUT2D eigenvalue weighted by atomic mass is 16.1. The van der Waals surface area contributed by atoms with Gasteiger partial charge in [0, 0.05) is 18.7 Å². The van der Waals surface area contributed by atoms with Crippen LogP contribution in [0.4, 0.5) is 5.69 Å². The molecule has 3 heteroatoms. The Morgan fingerprint density at radius 3 is 2.87 bits per heavy atom. The number of amides is 1. The van der Waals surface area contributed by atoms with Crippen molar-refractivity contribution in [1.29, 1.82) is 0 Å². The van der Waals surface area contributed by atoms with E-state index in [-0.39, 0.29) is 5.91 Å². The molecular formula is C12H16N2O. The minimum absolute atomic E-state index is 0.0986. The molecule has 80 valence electrons. The lowest BCUT2D eigenvalue weighted by Gasteiger charge is -2.21. The molecule has 0 radical (unpaired) electrons. The summed E-state index contributed by atoms with van der Waals surface area (Å²) in [5, 5.41) is 2.91. The van der Waals surface area contributed by atoms with Gasteiger partial charge in [-0.2, -0.15) is 0 Å². The largest absolute Gasteiger partial charge is 0.326 e. The minimum atomic E-state index is 0.0986. The van der Waals surface area contributed by atoms with Gasteiger partial charge in [-0.15, -0.1) is 0 Å². The predicted octanol–water partition coefficient (Wildman–Crippen LogP) is 1.59. The van der Waals surface area contributed by atoms with Gasteiger partial charge in [-0.3, -0.25) is 4.79 Å². The van der Waals surface area contributed by atoms with E-state index in [2.05, 4.69) is 24.4 Å². The van der Waals surface area contributed by atoms with Gasteiger partial charge in [-0.25, -0.2) is 0 Å². The van der Waals surface area contributed by atoms with Gasteiger partial charge in [-0.05, 0) is 29.5 Å². The Hall–Kier alpha value is -1.35. The summed E-state index contributed by atoms with van der Waals surface area (Å²) >= 11 is 0. The van der Waals surface area contributed by atoms with E-state index in [1.54, 1.807) is 0 Å². The van der Waals surface area contributed by atoms with Crippen molar-refractivity contribution >= 4 is 11.6 Å². The van der Waals surface area contributed by atoms with Crippen molar-refractivity contribution < 1.29 is 4.79 Å². The third-order valence-electron chi connectivity index (χ3n) is 2.88. The first-order valence-corrected chi connectivity index (χ1v) is 5.39. The molecule has 3 N–H and O–H groups in total. The van der Waals surface area contributed by atoms with Crippen LogP contribution in [0.3, 0.4) is 0 Å². The number of rotatable bonds is 2. The Balaban J connectivity index is 2.49. The lowest BCUT2D eigenvalue weighted by Crippen LogP contribution is -2.21. The smallest absolute Gasteiger partial charge is 0.224 e. The van der Waals surface area contributed by atoms with Crippen molar-refractivity contribution in [1.82, 2.24) is 0 Å². The van der Waals surface area contributed by atoms with Crippen LogP contribution in [0.1, 0.15) is 30.0 Å². The lowest BCUT2D eigenvalue weighted by molar-refractivity contribution is -0.116. The number of carbonyl (C=O) groups is 1. The molecule has 15 heavy (non-hydrogen) atoms. The zero-order chi connectivity index (χ0) is 10.8. The van der Waals surface area contributed by atoms with Crippen molar-refractivity contribution in [2.45, 2.75) is 32.7 Å². The molecule has 0 bridgehead atoms. The number of nitrogens with one attached hydrogen (secondary N) is 1. The van der Waals surface area contributed by atoms with Crippen molar-refractivity contribution in [2.75, 3.05) is 5.32 Å². The molecule has 2 rings (SSSR count). The Morgan fingerprint density at radius 1 is 1.40 bits per heavy atom. The number of anilines is 1. The summed E-state index contributed by atoms with van der Waals surface area (Å²) in [4.78, 5) is 11.3. The molecule has 0 unspecified atom stereocenters. The Morgan fingerprint density at radius 2 is 2.20 bits per heavy atom. The number of aryl methyl sites for hydroxylation is 2. The second kappa shape index (κ2) is 4.03. The fourth-order valence-electron chi connectivity index (χ4n) is 2.01. The third kappa shape index (κ3) is 1.88. The molecule has 1 amide bonds. The highest BCUT2D eigenvalue weighted by Gasteiger charge is 2.17. The number of benzene rings is 1. The number of carbonyl (C=O) groups excluding carboxylic acids is 1. The Kier molecular flexibility index (Phi) is 2.73. The van der Waals surface area contributed by atoms with Crippen LogP contribution in [0.5, 0.6) is 0 Å². The highest BCUT2D eigenvalue weighted by Crippen LogP contribution is 2.28. The van der Waals surface area contributed by atoms with Gasteiger partial charge in [0.2, 0.25) is 5.91 Å². The van der Waals surface area contributed by atoms with Crippen LogP contribution >= 0.6 is 0 Å². The highest BCUT2D eigenvalue weighted by molar-refractivity contribution is 5.94. The standard InChI is InChI=1S/C12H16N2O/c1-2-8-5-9-3-4-11(15)14-12(9)10(6-8)7-13/h5-6H,2-4,7,13H2,1H3,(H,14,15). The predicted molar refractivity (Wildman–Crippen MR) is 60.7 cm³/mol. The first-order chi connectivity index (χ1) is 7.24. The molecule has 1 aromatic carbocycles. The summed E-state index contributed by atoms with van der Waals surface area (Å²) in [7, 11) is 0. The summed E-state index contributed by atoms with van der Waals surface area (Å²) in [5.41, 5.74) is 10.2. The van der Waals surface area contributed by atoms with E-state index >= 15 is 0 Å². The normalized spacial score (nSPS) is 14.7. The molecule has 0 fully saturated rings. The van der Waals surface area contributed by atoms with Crippen molar-refractivity contribution in [3.8, 4) is 0 Å². The summed E-state index contributed by atoms with van der Waals surface area (Å²) in [6, 6.07) is 4.26. The third-order valence-corrected chi connectivity index (χ3v) is 2.88. The fraction of sp³-hybridized carbons (Fsp3) is 0.417. The van der Waals surface area contributed by atoms with E-state index in [0.717, 1.165) is 24.1 Å². The summed E-state index contributed by atoms with van der Waals surface area (Å²) in [6.45, 7) is 2.61. The number of nitrogens with two attached hydrogens (primary N) is 1. The molecule has 0 saturated heterocycles. The van der Waals surface area contributed by atoms with Crippen LogP contribution in [-0.4, -0.2) is 5.91 Å². The van der Waals surface area contributed by atoms with Crippen LogP contribution in [0.2, 0.25) is 0 Å². The molecule has 0 spiro atoms. The maximum Gasteiger partial charge on any atom is 0.224 e. The van der Waals surface area contributed by atoms with Gasteiger partial charge in [0.25, 0.3) is 0 Å². The molecular weight excluding hydrogens is 188 g/mol. The molecule has 0 aliphatic carbocycles. The monoisotopic (exact) mass is 204 g/mol. The van der Waals surface area contributed by atoms with E-state index in [9.17, 15) is 4.79 Å². The maximum absolute atomic E-state index is 11.3. The van der Waals surface area contributed by atoms with Crippen molar-refractivity contribution in [3.63, 3.8) is 0 Å². The van der Waals surface area contributed by atoms with Gasteiger partial charge in [-0.1, -0.05) is 19.1 Å². The second-order valence-corrected chi connectivity index (χ2v) is 3.89. The molecule has 1 aliphatic heterocycles. The minimum Gasteiger partial charge on any atom is -0.326 e. The first-order valence-electron chi connectivity index (χ1n) is 5.39. The number of hydrogen-bond donors (Lipinski definition) is 2. The molecule has 1 aliphatic rings. The van der Waals surface area contributed by atoms with Gasteiger partial charge in [0.05, 0.1) is 0 Å². The van der Waals surface area contributed by atoms with Crippen molar-refractivity contribution in [3.05, 3.63) is 28.8 Å². The fourth-order valence-corrected chi connectivity index (χ4v) is 2.01. The zero-order valence-corrected chi connectivity index (χ0v) is 8.97. The molecule has 3 nitrogen and oxygen atoms in total. The topological polar surface area (TPSA) is 55.1 Å². The van der Waals surface area contributed by atoms with Crippen LogP contribution in [0.25, 0.3) is 0 Å². The molecule has 0 saturated carbocycles. The lowest BCUT2D eigenvalue weighted by atomic mass is 9.95. The zero-order valence-electron chi connectivity index (χ0n) is 8.97. The average molecular weight is 204 g/mol.